The normalized spacial score (nSPS) is 23.2. The number of aromatic nitrogens is 2. The summed E-state index contributed by atoms with van der Waals surface area (Å²) >= 11 is 0. The van der Waals surface area contributed by atoms with Crippen molar-refractivity contribution < 1.29 is 14.0 Å². The van der Waals surface area contributed by atoms with E-state index < -0.39 is 0 Å². The summed E-state index contributed by atoms with van der Waals surface area (Å²) in [5.41, 5.74) is 2.15. The van der Waals surface area contributed by atoms with Gasteiger partial charge in [-0.3, -0.25) is 4.90 Å². The quantitative estimate of drug-likeness (QED) is 0.758. The molecule has 0 unspecified atom stereocenters. The molecule has 0 aliphatic carbocycles. The van der Waals surface area contributed by atoms with Crippen LogP contribution in [-0.2, 0) is 16.0 Å². The zero-order valence-electron chi connectivity index (χ0n) is 15.4. The molecule has 6 nitrogen and oxygen atoms in total. The first-order valence-electron chi connectivity index (χ1n) is 9.61. The number of ether oxygens (including phenoxy) is 2. The van der Waals surface area contributed by atoms with Gasteiger partial charge in [0, 0.05) is 31.9 Å². The van der Waals surface area contributed by atoms with Crippen molar-refractivity contribution in [2.45, 2.75) is 51.4 Å². The van der Waals surface area contributed by atoms with E-state index in [2.05, 4.69) is 34.1 Å². The lowest BCUT2D eigenvalue weighted by molar-refractivity contribution is 0.0334. The van der Waals surface area contributed by atoms with Crippen molar-refractivity contribution in [3.63, 3.8) is 0 Å². The van der Waals surface area contributed by atoms with Gasteiger partial charge in [0.15, 0.2) is 5.82 Å². The second-order valence-electron chi connectivity index (χ2n) is 7.35. The molecule has 0 amide bonds. The van der Waals surface area contributed by atoms with Crippen molar-refractivity contribution in [2.75, 3.05) is 26.3 Å². The molecule has 0 radical (unpaired) electrons. The molecule has 0 saturated carbocycles. The van der Waals surface area contributed by atoms with Gasteiger partial charge in [-0.25, -0.2) is 0 Å². The van der Waals surface area contributed by atoms with E-state index in [4.69, 9.17) is 14.0 Å². The molecule has 1 aromatic heterocycles. The smallest absolute Gasteiger partial charge is 0.257 e. The highest BCUT2D eigenvalue weighted by molar-refractivity contribution is 5.53. The highest BCUT2D eigenvalue weighted by atomic mass is 16.5. The zero-order chi connectivity index (χ0) is 17.8. The van der Waals surface area contributed by atoms with Crippen molar-refractivity contribution in [1.82, 2.24) is 15.0 Å². The van der Waals surface area contributed by atoms with Gasteiger partial charge in [0.2, 0.25) is 0 Å². The Morgan fingerprint density at radius 1 is 1.08 bits per heavy atom. The minimum Gasteiger partial charge on any atom is -0.377 e. The fraction of sp³-hybridized carbons (Fsp3) is 0.600. The van der Waals surface area contributed by atoms with Crippen molar-refractivity contribution in [3.8, 4) is 11.5 Å². The van der Waals surface area contributed by atoms with Crippen LogP contribution in [-0.4, -0.2) is 53.6 Å². The number of nitrogens with zero attached hydrogens (tertiary/aromatic N) is 3. The minimum absolute atomic E-state index is 0.305. The van der Waals surface area contributed by atoms with Crippen molar-refractivity contribution >= 4 is 0 Å². The Hall–Kier alpha value is -1.76. The number of hydrogen-bond acceptors (Lipinski definition) is 6. The molecule has 2 saturated heterocycles. The maximum absolute atomic E-state index is 5.83. The van der Waals surface area contributed by atoms with Crippen molar-refractivity contribution in [3.05, 3.63) is 35.7 Å². The average Bonchev–Trinajstić information content (AvgIpc) is 3.37. The molecule has 4 rings (SSSR count). The topological polar surface area (TPSA) is 60.6 Å². The number of hydrogen-bond donors (Lipinski definition) is 0. The van der Waals surface area contributed by atoms with E-state index in [1.54, 1.807) is 0 Å². The molecular weight excluding hydrogens is 330 g/mol. The predicted octanol–water partition coefficient (Wildman–Crippen LogP) is 3.21. The lowest BCUT2D eigenvalue weighted by Gasteiger charge is -2.26. The lowest BCUT2D eigenvalue weighted by Crippen LogP contribution is -2.37. The standard InChI is InChI=1S/C20H27N3O3/c1-15-5-2-6-16(11-15)20-21-19(22-26-20)14-23(12-17-7-3-9-24-17)13-18-8-4-10-25-18/h2,5-6,11,17-18H,3-4,7-10,12-14H2,1H3/t17-,18-/m0/s1. The van der Waals surface area contributed by atoms with Gasteiger partial charge in [0.25, 0.3) is 5.89 Å². The van der Waals surface area contributed by atoms with Gasteiger partial charge in [-0.15, -0.1) is 0 Å². The Morgan fingerprint density at radius 3 is 2.42 bits per heavy atom. The van der Waals surface area contributed by atoms with Crippen molar-refractivity contribution in [1.29, 1.82) is 0 Å². The Labute approximate surface area is 154 Å². The van der Waals surface area contributed by atoms with Crippen LogP contribution in [0.3, 0.4) is 0 Å². The summed E-state index contributed by atoms with van der Waals surface area (Å²) in [7, 11) is 0. The van der Waals surface area contributed by atoms with Gasteiger partial charge in [0.05, 0.1) is 18.8 Å². The highest BCUT2D eigenvalue weighted by Crippen LogP contribution is 2.21. The first-order valence-corrected chi connectivity index (χ1v) is 9.61. The molecule has 3 heterocycles. The van der Waals surface area contributed by atoms with Crippen LogP contribution < -0.4 is 0 Å². The summed E-state index contributed by atoms with van der Waals surface area (Å²) in [4.78, 5) is 6.97. The van der Waals surface area contributed by atoms with E-state index in [0.717, 1.165) is 63.4 Å². The summed E-state index contributed by atoms with van der Waals surface area (Å²) in [6.07, 6.45) is 5.17. The van der Waals surface area contributed by atoms with Gasteiger partial charge < -0.3 is 14.0 Å². The highest BCUT2D eigenvalue weighted by Gasteiger charge is 2.25. The molecule has 140 valence electrons. The predicted molar refractivity (Wildman–Crippen MR) is 97.7 cm³/mol. The zero-order valence-corrected chi connectivity index (χ0v) is 15.4. The molecule has 1 aromatic carbocycles. The minimum atomic E-state index is 0.305. The fourth-order valence-electron chi connectivity index (χ4n) is 3.77. The van der Waals surface area contributed by atoms with E-state index in [-0.39, 0.29) is 0 Å². The molecule has 0 N–H and O–H groups in total. The summed E-state index contributed by atoms with van der Waals surface area (Å²) < 4.78 is 17.1. The van der Waals surface area contributed by atoms with Crippen LogP contribution in [0.2, 0.25) is 0 Å². The van der Waals surface area contributed by atoms with Crippen LogP contribution in [0.25, 0.3) is 11.5 Å². The van der Waals surface area contributed by atoms with Crippen molar-refractivity contribution in [2.24, 2.45) is 0 Å². The Morgan fingerprint density at radius 2 is 1.81 bits per heavy atom. The fourth-order valence-corrected chi connectivity index (χ4v) is 3.77. The molecule has 26 heavy (non-hydrogen) atoms. The second-order valence-corrected chi connectivity index (χ2v) is 7.35. The average molecular weight is 357 g/mol. The van der Waals surface area contributed by atoms with E-state index in [0.29, 0.717) is 24.6 Å². The van der Waals surface area contributed by atoms with Gasteiger partial charge >= 0.3 is 0 Å². The SMILES string of the molecule is Cc1cccc(-c2nc(CN(C[C@@H]3CCCO3)C[C@@H]3CCCO3)no2)c1. The van der Waals surface area contributed by atoms with Gasteiger partial charge in [-0.05, 0) is 44.7 Å². The van der Waals surface area contributed by atoms with Crippen LogP contribution in [0.15, 0.2) is 28.8 Å². The van der Waals surface area contributed by atoms with Gasteiger partial charge in [0.1, 0.15) is 0 Å². The number of rotatable bonds is 7. The Balaban J connectivity index is 1.44. The number of benzene rings is 1. The summed E-state index contributed by atoms with van der Waals surface area (Å²) in [6.45, 7) is 6.26. The van der Waals surface area contributed by atoms with E-state index in [9.17, 15) is 0 Å². The van der Waals surface area contributed by atoms with E-state index >= 15 is 0 Å². The van der Waals surface area contributed by atoms with Crippen LogP contribution in [0.5, 0.6) is 0 Å². The van der Waals surface area contributed by atoms with Crippen LogP contribution in [0.1, 0.15) is 37.1 Å². The molecule has 2 aromatic rings. The maximum atomic E-state index is 5.83. The lowest BCUT2D eigenvalue weighted by atomic mass is 10.1. The van der Waals surface area contributed by atoms with Crippen LogP contribution in [0, 0.1) is 6.92 Å². The first kappa shape index (κ1) is 17.6. The Kier molecular flexibility index (Phi) is 5.62. The first-order chi connectivity index (χ1) is 12.8. The van der Waals surface area contributed by atoms with E-state index in [1.165, 1.54) is 5.56 Å². The van der Waals surface area contributed by atoms with E-state index in [1.807, 2.05) is 12.1 Å². The molecule has 0 bridgehead atoms. The third kappa shape index (κ3) is 4.50. The summed E-state index contributed by atoms with van der Waals surface area (Å²) in [5, 5.41) is 4.20. The third-order valence-corrected chi connectivity index (χ3v) is 5.07. The molecule has 2 aliphatic rings. The number of aryl methyl sites for hydroxylation is 1. The molecule has 6 heteroatoms. The molecule has 2 fully saturated rings. The summed E-state index contributed by atoms with van der Waals surface area (Å²) in [5.74, 6) is 1.30. The molecule has 0 spiro atoms. The summed E-state index contributed by atoms with van der Waals surface area (Å²) in [6, 6.07) is 8.13. The molecule has 2 aliphatic heterocycles. The molecule has 2 atom stereocenters. The molecular formula is C20H27N3O3. The maximum Gasteiger partial charge on any atom is 0.257 e. The second kappa shape index (κ2) is 8.29. The largest absolute Gasteiger partial charge is 0.377 e. The van der Waals surface area contributed by atoms with Crippen LogP contribution in [0.4, 0.5) is 0 Å². The Bertz CT molecular complexity index is 688. The monoisotopic (exact) mass is 357 g/mol. The third-order valence-electron chi connectivity index (χ3n) is 5.07. The van der Waals surface area contributed by atoms with Crippen LogP contribution >= 0.6 is 0 Å². The van der Waals surface area contributed by atoms with Gasteiger partial charge in [-0.2, -0.15) is 4.98 Å². The van der Waals surface area contributed by atoms with Gasteiger partial charge in [-0.1, -0.05) is 22.9 Å².